The van der Waals surface area contributed by atoms with Crippen LogP contribution in [0.15, 0.2) is 121 Å². The second kappa shape index (κ2) is 29.9. The monoisotopic (exact) mass is 1230 g/mol. The topological polar surface area (TPSA) is 6.48 Å². The van der Waals surface area contributed by atoms with E-state index < -0.39 is 0 Å². The van der Waals surface area contributed by atoms with E-state index in [1.165, 1.54) is 334 Å². The fraction of sp³-hybridized carbons (Fsp3) is 0.600. The standard InChI is InChI=1S/C90H118N2/c1-10-28-66(29-11-1)74-54-75(67-30-12-2-13-31-67)59-86(58-74)91(87-60-76(68-32-14-3-15-33-68)55-77(61-87)69-34-16-4-17-35-69)84-48-44-82(45-49-84)90(52-26-9-27-53-90)83-46-50-85(51-47-83)92(88-62-78(70-36-18-5-19-37-70)56-79(63-88)71-38-20-6-21-39-71)89-64-80(72-40-22-7-23-41-72)57-81(65-89)73-42-24-8-25-43-73/h44-51,54-73H,1-43,52-53H2. The quantitative estimate of drug-likeness (QED) is 0.0953. The van der Waals surface area contributed by atoms with Gasteiger partial charge in [0, 0.05) is 39.5 Å². The Bertz CT molecular complexity index is 2780. The first-order valence-corrected chi connectivity index (χ1v) is 40.0. The van der Waals surface area contributed by atoms with Crippen molar-refractivity contribution in [1.29, 1.82) is 0 Å². The van der Waals surface area contributed by atoms with Crippen molar-refractivity contribution in [2.45, 2.75) is 342 Å². The predicted molar refractivity (Wildman–Crippen MR) is 393 cm³/mol. The largest absolute Gasteiger partial charge is 0.310 e. The van der Waals surface area contributed by atoms with E-state index in [-0.39, 0.29) is 5.41 Å². The van der Waals surface area contributed by atoms with Crippen LogP contribution >= 0.6 is 0 Å². The normalized spacial score (nSPS) is 22.7. The van der Waals surface area contributed by atoms with E-state index in [9.17, 15) is 0 Å². The van der Waals surface area contributed by atoms with E-state index in [4.69, 9.17) is 0 Å². The van der Waals surface area contributed by atoms with Gasteiger partial charge in [0.2, 0.25) is 0 Å². The van der Waals surface area contributed by atoms with Gasteiger partial charge >= 0.3 is 0 Å². The highest BCUT2D eigenvalue weighted by Gasteiger charge is 2.37. The molecule has 0 aliphatic heterocycles. The molecule has 6 aromatic carbocycles. The molecule has 0 aromatic heterocycles. The molecule has 92 heavy (non-hydrogen) atoms. The minimum atomic E-state index is -0.0286. The highest BCUT2D eigenvalue weighted by molar-refractivity contribution is 5.80. The number of benzene rings is 6. The Morgan fingerprint density at radius 3 is 0.543 bits per heavy atom. The van der Waals surface area contributed by atoms with Crippen molar-refractivity contribution in [3.63, 3.8) is 0 Å². The van der Waals surface area contributed by atoms with Crippen molar-refractivity contribution in [2.75, 3.05) is 9.80 Å². The Morgan fingerprint density at radius 1 is 0.185 bits per heavy atom. The maximum absolute atomic E-state index is 2.81. The summed E-state index contributed by atoms with van der Waals surface area (Å²) in [6, 6.07) is 53.6. The molecule has 9 fully saturated rings. The van der Waals surface area contributed by atoms with Crippen LogP contribution in [0.25, 0.3) is 0 Å². The highest BCUT2D eigenvalue weighted by atomic mass is 15.1. The van der Waals surface area contributed by atoms with Crippen molar-refractivity contribution in [3.05, 3.63) is 177 Å². The molecule has 488 valence electrons. The van der Waals surface area contributed by atoms with Gasteiger partial charge in [0.25, 0.3) is 0 Å². The second-order valence-corrected chi connectivity index (χ2v) is 32.5. The summed E-state index contributed by atoms with van der Waals surface area (Å²) in [6.07, 6.45) is 61.0. The third-order valence-corrected chi connectivity index (χ3v) is 26.6. The fourth-order valence-electron chi connectivity index (χ4n) is 21.2. The molecule has 0 bridgehead atoms. The summed E-state index contributed by atoms with van der Waals surface area (Å²) in [4.78, 5) is 5.62. The summed E-state index contributed by atoms with van der Waals surface area (Å²) in [5.74, 6) is 5.35. The highest BCUT2D eigenvalue weighted by Crippen LogP contribution is 2.52. The van der Waals surface area contributed by atoms with Crippen molar-refractivity contribution < 1.29 is 0 Å². The van der Waals surface area contributed by atoms with E-state index in [1.54, 1.807) is 44.5 Å². The molecule has 6 aromatic rings. The summed E-state index contributed by atoms with van der Waals surface area (Å²) >= 11 is 0. The van der Waals surface area contributed by atoms with Crippen molar-refractivity contribution in [2.24, 2.45) is 0 Å². The van der Waals surface area contributed by atoms with Gasteiger partial charge in [-0.25, -0.2) is 0 Å². The summed E-state index contributed by atoms with van der Waals surface area (Å²) in [5, 5.41) is 0. The van der Waals surface area contributed by atoms with Crippen LogP contribution in [0, 0.1) is 0 Å². The van der Waals surface area contributed by atoms with Gasteiger partial charge < -0.3 is 9.80 Å². The first kappa shape index (κ1) is 63.0. The maximum atomic E-state index is 2.81. The van der Waals surface area contributed by atoms with Crippen LogP contribution in [0.1, 0.15) is 392 Å². The summed E-state index contributed by atoms with van der Waals surface area (Å²) in [7, 11) is 0. The fourth-order valence-corrected chi connectivity index (χ4v) is 21.2. The van der Waals surface area contributed by atoms with Crippen molar-refractivity contribution in [1.82, 2.24) is 0 Å². The summed E-state index contributed by atoms with van der Waals surface area (Å²) in [6.45, 7) is 0. The Kier molecular flexibility index (Phi) is 20.5. The lowest BCUT2D eigenvalue weighted by Gasteiger charge is -2.39. The van der Waals surface area contributed by atoms with Crippen molar-refractivity contribution in [3.8, 4) is 0 Å². The number of hydrogen-bond acceptors (Lipinski definition) is 2. The van der Waals surface area contributed by atoms with E-state index >= 15 is 0 Å². The predicted octanol–water partition coefficient (Wildman–Crippen LogP) is 28.3. The summed E-state index contributed by atoms with van der Waals surface area (Å²) < 4.78 is 0. The summed E-state index contributed by atoms with van der Waals surface area (Å²) in [5.41, 5.74) is 24.5. The molecular weight excluding hydrogens is 1110 g/mol. The lowest BCUT2D eigenvalue weighted by atomic mass is 9.65. The third-order valence-electron chi connectivity index (χ3n) is 26.6. The van der Waals surface area contributed by atoms with Crippen LogP contribution in [0.4, 0.5) is 34.1 Å². The van der Waals surface area contributed by atoms with Gasteiger partial charge in [0.05, 0.1) is 0 Å². The molecule has 2 nitrogen and oxygen atoms in total. The smallest absolute Gasteiger partial charge is 0.0467 e. The Hall–Kier alpha value is -5.08. The van der Waals surface area contributed by atoms with Gasteiger partial charge in [-0.1, -0.05) is 222 Å². The molecule has 0 saturated heterocycles. The minimum absolute atomic E-state index is 0.0286. The van der Waals surface area contributed by atoms with Crippen molar-refractivity contribution >= 4 is 34.1 Å². The molecule has 0 heterocycles. The molecular formula is C90H118N2. The second-order valence-electron chi connectivity index (χ2n) is 32.5. The van der Waals surface area contributed by atoms with Gasteiger partial charge in [-0.15, -0.1) is 0 Å². The van der Waals surface area contributed by atoms with Crippen LogP contribution in [-0.4, -0.2) is 0 Å². The Balaban J connectivity index is 0.844. The van der Waals surface area contributed by atoms with Crippen LogP contribution in [0.3, 0.4) is 0 Å². The maximum Gasteiger partial charge on any atom is 0.0467 e. The van der Waals surface area contributed by atoms with Gasteiger partial charge in [-0.3, -0.25) is 0 Å². The SMILES string of the molecule is c1c(C2CCCCC2)cc(N(c2ccc(C3(c4ccc(N(c5cc(C6CCCCC6)cc(C6CCCCC6)c5)c5cc(C6CCCCC6)cc(C6CCCCC6)c5)cc4)CCCCC3)cc2)c2cc(C3CCCCC3)cc(C3CCCCC3)c2)cc1C1CCCCC1. The zero-order valence-electron chi connectivity index (χ0n) is 57.4. The van der Waals surface area contributed by atoms with E-state index in [2.05, 4.69) is 131 Å². The molecule has 9 saturated carbocycles. The number of anilines is 6. The van der Waals surface area contributed by atoms with Gasteiger partial charge in [-0.2, -0.15) is 0 Å². The molecule has 9 aliphatic rings. The van der Waals surface area contributed by atoms with Crippen LogP contribution < -0.4 is 9.80 Å². The van der Waals surface area contributed by atoms with Gasteiger partial charge in [0.1, 0.15) is 0 Å². The molecule has 0 unspecified atom stereocenters. The van der Waals surface area contributed by atoms with Crippen LogP contribution in [0.5, 0.6) is 0 Å². The van der Waals surface area contributed by atoms with Crippen LogP contribution in [-0.2, 0) is 5.41 Å². The Morgan fingerprint density at radius 2 is 0.359 bits per heavy atom. The van der Waals surface area contributed by atoms with Gasteiger partial charge in [-0.05, 0) is 291 Å². The molecule has 0 N–H and O–H groups in total. The number of nitrogens with zero attached hydrogens (tertiary/aromatic N) is 2. The van der Waals surface area contributed by atoms with E-state index in [0.717, 1.165) is 0 Å². The molecule has 0 spiro atoms. The first-order valence-electron chi connectivity index (χ1n) is 40.0. The molecule has 0 amide bonds. The first-order chi connectivity index (χ1) is 45.5. The zero-order chi connectivity index (χ0) is 61.5. The molecule has 0 radical (unpaired) electrons. The molecule has 0 atom stereocenters. The molecule has 15 rings (SSSR count). The molecule has 9 aliphatic carbocycles. The minimum Gasteiger partial charge on any atom is -0.310 e. The van der Waals surface area contributed by atoms with E-state index in [1.807, 2.05) is 0 Å². The molecule has 2 heteroatoms. The lowest BCUT2D eigenvalue weighted by Crippen LogP contribution is -2.30. The average Bonchev–Trinajstić information content (AvgIpc) is 0.965. The third kappa shape index (κ3) is 14.2. The average molecular weight is 1230 g/mol. The van der Waals surface area contributed by atoms with E-state index in [0.29, 0.717) is 47.3 Å². The van der Waals surface area contributed by atoms with Crippen LogP contribution in [0.2, 0.25) is 0 Å². The zero-order valence-corrected chi connectivity index (χ0v) is 57.4. The Labute approximate surface area is 559 Å². The number of rotatable bonds is 16. The lowest BCUT2D eigenvalue weighted by molar-refractivity contribution is 0.346. The number of hydrogen-bond donors (Lipinski definition) is 0. The van der Waals surface area contributed by atoms with Gasteiger partial charge in [0.15, 0.2) is 0 Å².